The molecule has 5 heterocycles. The average Bonchev–Trinajstić information content (AvgIpc) is 4.00. The van der Waals surface area contributed by atoms with E-state index in [1.165, 1.54) is 72.8 Å². The second-order valence-electron chi connectivity index (χ2n) is 11.8. The van der Waals surface area contributed by atoms with Crippen LogP contribution in [-0.4, -0.2) is 26.2 Å². The molecule has 8 bridgehead atoms. The molecule has 1 aliphatic heterocycles. The summed E-state index contributed by atoms with van der Waals surface area (Å²) < 4.78 is 149. The lowest BCUT2D eigenvalue weighted by Gasteiger charge is -2.10. The summed E-state index contributed by atoms with van der Waals surface area (Å²) in [5.74, 6) is -22.0. The Morgan fingerprint density at radius 3 is 1.17 bits per heavy atom. The van der Waals surface area contributed by atoms with Crippen molar-refractivity contribution in [3.05, 3.63) is 136 Å². The van der Waals surface area contributed by atoms with Crippen molar-refractivity contribution in [1.82, 2.24) is 19.9 Å². The van der Waals surface area contributed by atoms with Crippen LogP contribution in [-0.2, 0) is 0 Å². The Morgan fingerprint density at radius 1 is 0.377 bits per heavy atom. The summed E-state index contributed by atoms with van der Waals surface area (Å²) in [7, 11) is 0. The highest BCUT2D eigenvalue weighted by atomic mass is 19.2. The minimum atomic E-state index is -2.37. The maximum absolute atomic E-state index is 15.5. The van der Waals surface area contributed by atoms with E-state index >= 15 is 17.6 Å². The minimum Gasteiger partial charge on any atom is -0.354 e. The van der Waals surface area contributed by atoms with Crippen molar-refractivity contribution in [2.24, 2.45) is 0 Å². The molecule has 0 aliphatic carbocycles. The highest BCUT2D eigenvalue weighted by Crippen LogP contribution is 2.40. The number of aldehydes is 1. The Bertz CT molecular complexity index is 2810. The lowest BCUT2D eigenvalue weighted by Crippen LogP contribution is -2.05. The molecule has 5 nitrogen and oxygen atoms in total. The van der Waals surface area contributed by atoms with Crippen LogP contribution in [0.4, 0.5) is 43.9 Å². The predicted molar refractivity (Wildman–Crippen MR) is 176 cm³/mol. The van der Waals surface area contributed by atoms with E-state index < -0.39 is 80.4 Å². The number of rotatable bonds is 4. The Kier molecular flexibility index (Phi) is 7.74. The molecule has 0 atom stereocenters. The van der Waals surface area contributed by atoms with E-state index in [0.29, 0.717) is 11.8 Å². The van der Waals surface area contributed by atoms with Crippen molar-refractivity contribution in [2.45, 2.75) is 0 Å². The Morgan fingerprint density at radius 2 is 0.717 bits per heavy atom. The first-order chi connectivity index (χ1) is 25.4. The monoisotopic (exact) mass is 734 g/mol. The molecule has 8 rings (SSSR count). The third kappa shape index (κ3) is 5.10. The smallest absolute Gasteiger partial charge is 0.200 e. The molecule has 3 aromatic carbocycles. The molecule has 0 radical (unpaired) electrons. The van der Waals surface area contributed by atoms with Crippen molar-refractivity contribution in [3.63, 3.8) is 0 Å². The van der Waals surface area contributed by atoms with Crippen LogP contribution >= 0.6 is 0 Å². The van der Waals surface area contributed by atoms with Crippen molar-refractivity contribution in [2.75, 3.05) is 0 Å². The van der Waals surface area contributed by atoms with Gasteiger partial charge in [-0.1, -0.05) is 24.3 Å². The van der Waals surface area contributed by atoms with Gasteiger partial charge in [-0.25, -0.2) is 48.9 Å². The number of carbonyl (C=O) groups excluding carboxylic acids is 1. The van der Waals surface area contributed by atoms with E-state index in [0.717, 1.165) is 0 Å². The molecule has 0 spiro atoms. The van der Waals surface area contributed by atoms with Crippen LogP contribution in [0, 0.1) is 58.2 Å². The molecule has 264 valence electrons. The zero-order valence-electron chi connectivity index (χ0n) is 26.1. The summed E-state index contributed by atoms with van der Waals surface area (Å²) in [5, 5.41) is 0. The number of aromatic amines is 3. The summed E-state index contributed by atoms with van der Waals surface area (Å²) in [6.45, 7) is 0. The number of hydrogen-bond acceptors (Lipinski definition) is 2. The van der Waals surface area contributed by atoms with Crippen LogP contribution in [0.15, 0.2) is 60.7 Å². The standard InChI is InChI=1S/C38H16F10N4O/c39-29-27(30(40)34(44)37(47)33(29)43)25-20-7-5-16(49-20)17-6-8-21(50-17)26(28-31(41)35(45)38(48)36(46)32(28)42)23-12-10-19(52-23)24(18-9-11-22(25)51-18)15-3-1-14(13-53)2-4-15/h1-13,49-51H. The number of hydrogen-bond donors (Lipinski definition) is 3. The van der Waals surface area contributed by atoms with Gasteiger partial charge in [0.1, 0.15) is 6.29 Å². The largest absolute Gasteiger partial charge is 0.354 e. The molecule has 0 amide bonds. The van der Waals surface area contributed by atoms with Crippen molar-refractivity contribution in [3.8, 4) is 33.4 Å². The third-order valence-electron chi connectivity index (χ3n) is 8.83. The van der Waals surface area contributed by atoms with Gasteiger partial charge in [0.05, 0.1) is 33.5 Å². The van der Waals surface area contributed by atoms with Crippen molar-refractivity contribution < 1.29 is 48.7 Å². The zero-order valence-corrected chi connectivity index (χ0v) is 26.1. The molecule has 4 aromatic heterocycles. The molecule has 0 saturated carbocycles. The van der Waals surface area contributed by atoms with Crippen LogP contribution in [0.1, 0.15) is 21.7 Å². The molecule has 1 aliphatic rings. The SMILES string of the molecule is O=Cc1ccc(-c2c3nc(c(-c4c(F)c(F)c(F)c(F)c4F)c4ccc([nH]4)c4ccc([nH]4)c(-c4c(F)c(F)c(F)c(F)c4F)c4ccc2[nH]4)C=C3)cc1. The molecule has 0 fully saturated rings. The average molecular weight is 735 g/mol. The van der Waals surface area contributed by atoms with Crippen LogP contribution in [0.25, 0.3) is 78.6 Å². The fourth-order valence-electron chi connectivity index (χ4n) is 6.36. The minimum absolute atomic E-state index is 0.0367. The van der Waals surface area contributed by atoms with E-state index in [2.05, 4.69) is 19.9 Å². The number of nitrogens with zero attached hydrogens (tertiary/aromatic N) is 1. The topological polar surface area (TPSA) is 77.3 Å². The summed E-state index contributed by atoms with van der Waals surface area (Å²) in [5.41, 5.74) is -3.12. The van der Waals surface area contributed by atoms with Gasteiger partial charge in [0, 0.05) is 44.3 Å². The molecule has 53 heavy (non-hydrogen) atoms. The Balaban J connectivity index is 1.60. The van der Waals surface area contributed by atoms with Gasteiger partial charge in [-0.3, -0.25) is 4.79 Å². The van der Waals surface area contributed by atoms with Crippen LogP contribution in [0.5, 0.6) is 0 Å². The van der Waals surface area contributed by atoms with E-state index in [4.69, 9.17) is 0 Å². The zero-order chi connectivity index (χ0) is 37.5. The third-order valence-corrected chi connectivity index (χ3v) is 8.83. The van der Waals surface area contributed by atoms with E-state index in [-0.39, 0.29) is 55.6 Å². The number of aromatic nitrogens is 4. The number of benzene rings is 3. The van der Waals surface area contributed by atoms with E-state index in [1.807, 2.05) is 0 Å². The Labute approximate surface area is 289 Å². The van der Waals surface area contributed by atoms with Crippen molar-refractivity contribution >= 4 is 51.5 Å². The number of halogens is 10. The van der Waals surface area contributed by atoms with Crippen molar-refractivity contribution in [1.29, 1.82) is 0 Å². The predicted octanol–water partition coefficient (Wildman–Crippen LogP) is 10.9. The summed E-state index contributed by atoms with van der Waals surface area (Å²) in [6.07, 6.45) is 3.20. The lowest BCUT2D eigenvalue weighted by molar-refractivity contribution is 0.112. The van der Waals surface area contributed by atoms with Crippen LogP contribution < -0.4 is 0 Å². The van der Waals surface area contributed by atoms with Gasteiger partial charge in [0.2, 0.25) is 11.6 Å². The molecule has 7 aromatic rings. The van der Waals surface area contributed by atoms with E-state index in [1.54, 1.807) is 0 Å². The summed E-state index contributed by atoms with van der Waals surface area (Å²) in [6, 6.07) is 13.8. The van der Waals surface area contributed by atoms with Gasteiger partial charge in [-0.15, -0.1) is 0 Å². The maximum Gasteiger partial charge on any atom is 0.200 e. The molecule has 15 heteroatoms. The normalized spacial score (nSPS) is 12.0. The van der Waals surface area contributed by atoms with Gasteiger partial charge in [0.15, 0.2) is 46.5 Å². The fourth-order valence-corrected chi connectivity index (χ4v) is 6.36. The molecule has 0 saturated heterocycles. The second kappa shape index (κ2) is 12.3. The van der Waals surface area contributed by atoms with Gasteiger partial charge in [0.25, 0.3) is 0 Å². The molecular weight excluding hydrogens is 718 g/mol. The number of carbonyl (C=O) groups is 1. The first kappa shape index (κ1) is 33.5. The van der Waals surface area contributed by atoms with Crippen LogP contribution in [0.2, 0.25) is 0 Å². The highest BCUT2D eigenvalue weighted by molar-refractivity contribution is 6.00. The van der Waals surface area contributed by atoms with Gasteiger partial charge in [-0.2, -0.15) is 0 Å². The summed E-state index contributed by atoms with van der Waals surface area (Å²) in [4.78, 5) is 24.6. The lowest BCUT2D eigenvalue weighted by atomic mass is 10.0. The van der Waals surface area contributed by atoms with E-state index in [9.17, 15) is 31.1 Å². The molecular formula is C38H16F10N4O. The fraction of sp³-hybridized carbons (Fsp3) is 0. The number of H-pyrrole nitrogens is 3. The molecule has 0 unspecified atom stereocenters. The first-order valence-electron chi connectivity index (χ1n) is 15.3. The summed E-state index contributed by atoms with van der Waals surface area (Å²) >= 11 is 0. The maximum atomic E-state index is 15.5. The van der Waals surface area contributed by atoms with Crippen LogP contribution in [0.3, 0.4) is 0 Å². The van der Waals surface area contributed by atoms with Gasteiger partial charge < -0.3 is 15.0 Å². The van der Waals surface area contributed by atoms with Gasteiger partial charge in [-0.05, 0) is 54.1 Å². The number of fused-ring (bicyclic) bond motifs is 9. The highest BCUT2D eigenvalue weighted by Gasteiger charge is 2.31. The van der Waals surface area contributed by atoms with Gasteiger partial charge >= 0.3 is 0 Å². The quantitative estimate of drug-likeness (QED) is 0.0729. The number of nitrogens with one attached hydrogen (secondary N) is 3. The Hall–Kier alpha value is -6.64. The first-order valence-corrected chi connectivity index (χ1v) is 15.3. The second-order valence-corrected chi connectivity index (χ2v) is 11.8. The molecule has 3 N–H and O–H groups in total.